The van der Waals surface area contributed by atoms with Gasteiger partial charge in [-0.25, -0.2) is 0 Å². The molecule has 21 heavy (non-hydrogen) atoms. The second kappa shape index (κ2) is 5.93. The second-order valence-corrected chi connectivity index (χ2v) is 5.88. The molecule has 0 amide bonds. The molecule has 1 saturated heterocycles. The van der Waals surface area contributed by atoms with E-state index < -0.39 is 18.0 Å². The van der Waals surface area contributed by atoms with Gasteiger partial charge in [0.2, 0.25) is 5.79 Å². The summed E-state index contributed by atoms with van der Waals surface area (Å²) >= 11 is 0. The van der Waals surface area contributed by atoms with Crippen molar-refractivity contribution in [3.05, 3.63) is 29.8 Å². The van der Waals surface area contributed by atoms with Gasteiger partial charge >= 0.3 is 0 Å². The Bertz CT molecular complexity index is 491. The SMILES string of the molecule is OCC[C@H]1C[C@@H](O)[C@H](O)[C@]2(CCCc3ccccc3O2)O1. The van der Waals surface area contributed by atoms with Crippen molar-refractivity contribution in [1.82, 2.24) is 0 Å². The van der Waals surface area contributed by atoms with E-state index in [2.05, 4.69) is 0 Å². The lowest BCUT2D eigenvalue weighted by Crippen LogP contribution is -2.61. The van der Waals surface area contributed by atoms with Gasteiger partial charge in [0, 0.05) is 19.4 Å². The van der Waals surface area contributed by atoms with Gasteiger partial charge in [-0.05, 0) is 30.9 Å². The molecule has 116 valence electrons. The summed E-state index contributed by atoms with van der Waals surface area (Å²) in [6.45, 7) is -0.0137. The van der Waals surface area contributed by atoms with E-state index in [4.69, 9.17) is 14.6 Å². The van der Waals surface area contributed by atoms with Crippen LogP contribution >= 0.6 is 0 Å². The Hall–Kier alpha value is -1.14. The third kappa shape index (κ3) is 2.79. The number of aliphatic hydroxyl groups excluding tert-OH is 3. The van der Waals surface area contributed by atoms with Crippen LogP contribution in [-0.4, -0.2) is 46.0 Å². The largest absolute Gasteiger partial charge is 0.459 e. The van der Waals surface area contributed by atoms with Crippen LogP contribution in [0, 0.1) is 0 Å². The molecule has 2 aliphatic heterocycles. The molecule has 0 unspecified atom stereocenters. The summed E-state index contributed by atoms with van der Waals surface area (Å²) in [7, 11) is 0. The van der Waals surface area contributed by atoms with E-state index in [-0.39, 0.29) is 12.7 Å². The minimum atomic E-state index is -1.22. The third-order valence-corrected chi connectivity index (χ3v) is 4.36. The van der Waals surface area contributed by atoms with E-state index in [0.29, 0.717) is 25.0 Å². The Morgan fingerprint density at radius 2 is 2.05 bits per heavy atom. The molecule has 4 atom stereocenters. The number of hydrogen-bond acceptors (Lipinski definition) is 5. The topological polar surface area (TPSA) is 79.2 Å². The molecule has 3 rings (SSSR count). The molecule has 1 aromatic carbocycles. The maximum absolute atomic E-state index is 10.4. The van der Waals surface area contributed by atoms with Crippen molar-refractivity contribution in [3.8, 4) is 5.75 Å². The number of hydrogen-bond donors (Lipinski definition) is 3. The first-order valence-electron chi connectivity index (χ1n) is 7.56. The number of rotatable bonds is 2. The lowest BCUT2D eigenvalue weighted by molar-refractivity contribution is -0.311. The van der Waals surface area contributed by atoms with Crippen molar-refractivity contribution in [2.45, 2.75) is 56.2 Å². The standard InChI is InChI=1S/C16H22O5/c17-9-7-12-10-13(18)15(19)16(20-12)8-3-5-11-4-1-2-6-14(11)21-16/h1-2,4,6,12-13,15,17-19H,3,5,7-10H2/t12-,13+,15-,16+/m0/s1. The van der Waals surface area contributed by atoms with Crippen LogP contribution in [0.4, 0.5) is 0 Å². The average Bonchev–Trinajstić information content (AvgIpc) is 2.65. The number of ether oxygens (including phenoxy) is 2. The van der Waals surface area contributed by atoms with Crippen LogP contribution in [0.15, 0.2) is 24.3 Å². The molecule has 1 fully saturated rings. The van der Waals surface area contributed by atoms with Crippen molar-refractivity contribution < 1.29 is 24.8 Å². The molecular formula is C16H22O5. The van der Waals surface area contributed by atoms with Crippen LogP contribution in [0.5, 0.6) is 5.75 Å². The van der Waals surface area contributed by atoms with Gasteiger partial charge in [0.05, 0.1) is 12.2 Å². The molecule has 0 radical (unpaired) electrons. The highest BCUT2D eigenvalue weighted by molar-refractivity contribution is 5.35. The molecule has 2 heterocycles. The van der Waals surface area contributed by atoms with Gasteiger partial charge in [0.1, 0.15) is 11.9 Å². The lowest BCUT2D eigenvalue weighted by Gasteiger charge is -2.46. The van der Waals surface area contributed by atoms with Crippen molar-refractivity contribution in [2.24, 2.45) is 0 Å². The summed E-state index contributed by atoms with van der Waals surface area (Å²) in [6.07, 6.45) is 0.631. The van der Waals surface area contributed by atoms with Gasteiger partial charge in [0.15, 0.2) is 0 Å². The Balaban J connectivity index is 1.90. The van der Waals surface area contributed by atoms with Gasteiger partial charge in [-0.1, -0.05) is 18.2 Å². The molecular weight excluding hydrogens is 272 g/mol. The van der Waals surface area contributed by atoms with E-state index in [0.717, 1.165) is 18.4 Å². The molecule has 5 heteroatoms. The van der Waals surface area contributed by atoms with Crippen molar-refractivity contribution >= 4 is 0 Å². The summed E-state index contributed by atoms with van der Waals surface area (Å²) in [5.74, 6) is -0.518. The molecule has 3 N–H and O–H groups in total. The maximum Gasteiger partial charge on any atom is 0.239 e. The van der Waals surface area contributed by atoms with Crippen molar-refractivity contribution in [2.75, 3.05) is 6.61 Å². The summed E-state index contributed by atoms with van der Waals surface area (Å²) in [4.78, 5) is 0. The number of fused-ring (bicyclic) bond motifs is 1. The first-order chi connectivity index (χ1) is 10.1. The number of aliphatic hydroxyl groups is 3. The fourth-order valence-corrected chi connectivity index (χ4v) is 3.28. The minimum Gasteiger partial charge on any atom is -0.459 e. The monoisotopic (exact) mass is 294 g/mol. The number of aryl methyl sites for hydroxylation is 1. The highest BCUT2D eigenvalue weighted by atomic mass is 16.7. The Labute approximate surface area is 124 Å². The van der Waals surface area contributed by atoms with Gasteiger partial charge in [-0.15, -0.1) is 0 Å². The van der Waals surface area contributed by atoms with E-state index >= 15 is 0 Å². The molecule has 0 bridgehead atoms. The van der Waals surface area contributed by atoms with Crippen LogP contribution in [0.1, 0.15) is 31.2 Å². The van der Waals surface area contributed by atoms with E-state index in [9.17, 15) is 10.2 Å². The van der Waals surface area contributed by atoms with Crippen LogP contribution in [0.3, 0.4) is 0 Å². The van der Waals surface area contributed by atoms with Gasteiger partial charge in [0.25, 0.3) is 0 Å². The highest BCUT2D eigenvalue weighted by Crippen LogP contribution is 2.40. The van der Waals surface area contributed by atoms with E-state index in [1.807, 2.05) is 24.3 Å². The molecule has 5 nitrogen and oxygen atoms in total. The number of benzene rings is 1. The van der Waals surface area contributed by atoms with E-state index in [1.54, 1.807) is 0 Å². The normalized spacial score (nSPS) is 35.9. The molecule has 0 aromatic heterocycles. The first kappa shape index (κ1) is 14.8. The molecule has 2 aliphatic rings. The van der Waals surface area contributed by atoms with Crippen molar-refractivity contribution in [3.63, 3.8) is 0 Å². The molecule has 1 aromatic rings. The van der Waals surface area contributed by atoms with Crippen LogP contribution in [0.2, 0.25) is 0 Å². The van der Waals surface area contributed by atoms with Gasteiger partial charge in [-0.2, -0.15) is 0 Å². The fraction of sp³-hybridized carbons (Fsp3) is 0.625. The maximum atomic E-state index is 10.4. The summed E-state index contributed by atoms with van der Waals surface area (Å²) in [5.41, 5.74) is 1.09. The van der Waals surface area contributed by atoms with Crippen LogP contribution in [-0.2, 0) is 11.2 Å². The van der Waals surface area contributed by atoms with Crippen LogP contribution < -0.4 is 4.74 Å². The second-order valence-electron chi connectivity index (χ2n) is 5.88. The first-order valence-corrected chi connectivity index (χ1v) is 7.56. The Morgan fingerprint density at radius 1 is 1.24 bits per heavy atom. The van der Waals surface area contributed by atoms with E-state index in [1.165, 1.54) is 0 Å². The Kier molecular flexibility index (Phi) is 4.17. The van der Waals surface area contributed by atoms with Crippen LogP contribution in [0.25, 0.3) is 0 Å². The zero-order valence-corrected chi connectivity index (χ0v) is 11.9. The zero-order valence-electron chi connectivity index (χ0n) is 11.9. The molecule has 0 saturated carbocycles. The highest BCUT2D eigenvalue weighted by Gasteiger charge is 2.51. The average molecular weight is 294 g/mol. The van der Waals surface area contributed by atoms with Gasteiger partial charge in [-0.3, -0.25) is 0 Å². The smallest absolute Gasteiger partial charge is 0.239 e. The summed E-state index contributed by atoms with van der Waals surface area (Å²) in [5, 5.41) is 29.7. The predicted octanol–water partition coefficient (Wildman–Crippen LogP) is 0.991. The Morgan fingerprint density at radius 3 is 2.86 bits per heavy atom. The molecule has 1 spiro atoms. The fourth-order valence-electron chi connectivity index (χ4n) is 3.28. The number of para-hydroxylation sites is 1. The van der Waals surface area contributed by atoms with Gasteiger partial charge < -0.3 is 24.8 Å². The minimum absolute atomic E-state index is 0.0137. The van der Waals surface area contributed by atoms with Crippen molar-refractivity contribution in [1.29, 1.82) is 0 Å². The quantitative estimate of drug-likeness (QED) is 0.758. The molecule has 0 aliphatic carbocycles. The summed E-state index contributed by atoms with van der Waals surface area (Å²) in [6, 6.07) is 7.71. The third-order valence-electron chi connectivity index (χ3n) is 4.36. The lowest BCUT2D eigenvalue weighted by atomic mass is 9.90. The predicted molar refractivity (Wildman–Crippen MR) is 75.9 cm³/mol. The zero-order chi connectivity index (χ0) is 14.9. The summed E-state index contributed by atoms with van der Waals surface area (Å²) < 4.78 is 12.0.